The highest BCUT2D eigenvalue weighted by molar-refractivity contribution is 7.92. The van der Waals surface area contributed by atoms with E-state index in [9.17, 15) is 12.8 Å². The van der Waals surface area contributed by atoms with E-state index in [1.807, 2.05) is 0 Å². The SMILES string of the molecule is N#Cc1ccc(NS(=O)(=O)c2cccnc2Cl)c(F)c1. The minimum absolute atomic E-state index is 0.0878. The van der Waals surface area contributed by atoms with Crippen LogP contribution < -0.4 is 4.72 Å². The van der Waals surface area contributed by atoms with Gasteiger partial charge in [0.1, 0.15) is 15.9 Å². The molecule has 0 bridgehead atoms. The zero-order valence-electron chi connectivity index (χ0n) is 9.84. The smallest absolute Gasteiger partial charge is 0.265 e. The van der Waals surface area contributed by atoms with Crippen molar-refractivity contribution in [2.24, 2.45) is 0 Å². The van der Waals surface area contributed by atoms with Gasteiger partial charge in [0.15, 0.2) is 0 Å². The number of benzene rings is 1. The third-order valence-electron chi connectivity index (χ3n) is 2.36. The molecule has 8 heteroatoms. The highest BCUT2D eigenvalue weighted by Crippen LogP contribution is 2.23. The molecule has 1 N–H and O–H groups in total. The minimum Gasteiger partial charge on any atom is -0.277 e. The predicted octanol–water partition coefficient (Wildman–Crippen LogP) is 2.55. The van der Waals surface area contributed by atoms with Crippen LogP contribution in [-0.4, -0.2) is 13.4 Å². The fourth-order valence-electron chi connectivity index (χ4n) is 1.44. The van der Waals surface area contributed by atoms with Gasteiger partial charge in [-0.05, 0) is 30.3 Å². The first kappa shape index (κ1) is 14.2. The number of hydrogen-bond donors (Lipinski definition) is 1. The Balaban J connectivity index is 2.40. The lowest BCUT2D eigenvalue weighted by molar-refractivity contribution is 0.598. The number of rotatable bonds is 3. The minimum atomic E-state index is -4.05. The normalized spacial score (nSPS) is 10.8. The molecule has 0 radical (unpaired) electrons. The zero-order valence-corrected chi connectivity index (χ0v) is 11.4. The van der Waals surface area contributed by atoms with E-state index in [1.54, 1.807) is 6.07 Å². The third-order valence-corrected chi connectivity index (χ3v) is 4.17. The molecule has 20 heavy (non-hydrogen) atoms. The second-order valence-corrected chi connectivity index (χ2v) is 5.71. The molecule has 0 aliphatic carbocycles. The van der Waals surface area contributed by atoms with Crippen molar-refractivity contribution in [3.8, 4) is 6.07 Å². The van der Waals surface area contributed by atoms with Crippen molar-refractivity contribution in [3.63, 3.8) is 0 Å². The Morgan fingerprint density at radius 1 is 1.35 bits per heavy atom. The molecular weight excluding hydrogens is 305 g/mol. The number of nitrogens with one attached hydrogen (secondary N) is 1. The molecule has 0 unspecified atom stereocenters. The molecule has 0 fully saturated rings. The van der Waals surface area contributed by atoms with Crippen molar-refractivity contribution >= 4 is 27.3 Å². The van der Waals surface area contributed by atoms with E-state index in [1.165, 1.54) is 24.4 Å². The van der Waals surface area contributed by atoms with E-state index in [4.69, 9.17) is 16.9 Å². The fraction of sp³-hybridized carbons (Fsp3) is 0. The number of nitriles is 1. The summed E-state index contributed by atoms with van der Waals surface area (Å²) in [7, 11) is -4.05. The molecule has 1 aromatic heterocycles. The summed E-state index contributed by atoms with van der Waals surface area (Å²) in [5.74, 6) is -0.854. The Kier molecular flexibility index (Phi) is 3.88. The molecule has 0 amide bonds. The van der Waals surface area contributed by atoms with Crippen LogP contribution in [0.2, 0.25) is 5.15 Å². The Labute approximate surface area is 119 Å². The largest absolute Gasteiger partial charge is 0.277 e. The summed E-state index contributed by atoms with van der Waals surface area (Å²) in [6.07, 6.45) is 1.34. The van der Waals surface area contributed by atoms with Crippen LogP contribution in [0.3, 0.4) is 0 Å². The van der Waals surface area contributed by atoms with Crippen LogP contribution in [0, 0.1) is 17.1 Å². The van der Waals surface area contributed by atoms with Crippen molar-refractivity contribution in [3.05, 3.63) is 53.1 Å². The van der Waals surface area contributed by atoms with E-state index < -0.39 is 15.8 Å². The van der Waals surface area contributed by atoms with Crippen LogP contribution in [0.4, 0.5) is 10.1 Å². The molecule has 0 aliphatic rings. The summed E-state index contributed by atoms with van der Waals surface area (Å²) >= 11 is 5.70. The van der Waals surface area contributed by atoms with Gasteiger partial charge in [-0.2, -0.15) is 5.26 Å². The van der Waals surface area contributed by atoms with E-state index >= 15 is 0 Å². The van der Waals surface area contributed by atoms with Gasteiger partial charge in [0.2, 0.25) is 0 Å². The Morgan fingerprint density at radius 2 is 2.10 bits per heavy atom. The third kappa shape index (κ3) is 2.87. The molecule has 2 aromatic rings. The Bertz CT molecular complexity index is 803. The molecule has 0 saturated heterocycles. The van der Waals surface area contributed by atoms with Crippen LogP contribution in [0.25, 0.3) is 0 Å². The Morgan fingerprint density at radius 3 is 2.70 bits per heavy atom. The monoisotopic (exact) mass is 311 g/mol. The maximum atomic E-state index is 13.7. The number of aromatic nitrogens is 1. The van der Waals surface area contributed by atoms with Gasteiger partial charge in [-0.1, -0.05) is 11.6 Å². The standard InChI is InChI=1S/C12H7ClFN3O2S/c13-12-11(2-1-5-16-12)20(18,19)17-10-4-3-8(7-15)6-9(10)14/h1-6,17H. The summed E-state index contributed by atoms with van der Waals surface area (Å²) in [5.41, 5.74) is -0.186. The molecule has 0 aliphatic heterocycles. The van der Waals surface area contributed by atoms with Crippen molar-refractivity contribution in [2.75, 3.05) is 4.72 Å². The predicted molar refractivity (Wildman–Crippen MR) is 71.2 cm³/mol. The molecular formula is C12H7ClFN3O2S. The second-order valence-electron chi connectivity index (χ2n) is 3.70. The quantitative estimate of drug-likeness (QED) is 0.883. The van der Waals surface area contributed by atoms with E-state index in [0.29, 0.717) is 0 Å². The van der Waals surface area contributed by atoms with Crippen molar-refractivity contribution < 1.29 is 12.8 Å². The maximum Gasteiger partial charge on any atom is 0.265 e. The summed E-state index contributed by atoms with van der Waals surface area (Å²) < 4.78 is 39.8. The van der Waals surface area contributed by atoms with Crippen LogP contribution >= 0.6 is 11.6 Å². The van der Waals surface area contributed by atoms with Crippen LogP contribution in [0.5, 0.6) is 0 Å². The molecule has 5 nitrogen and oxygen atoms in total. The molecule has 2 rings (SSSR count). The topological polar surface area (TPSA) is 82.9 Å². The van der Waals surface area contributed by atoms with Gasteiger partial charge < -0.3 is 0 Å². The van der Waals surface area contributed by atoms with Gasteiger partial charge >= 0.3 is 0 Å². The number of hydrogen-bond acceptors (Lipinski definition) is 4. The fourth-order valence-corrected chi connectivity index (χ4v) is 2.96. The van der Waals surface area contributed by atoms with Gasteiger partial charge in [0.05, 0.1) is 17.3 Å². The number of sulfonamides is 1. The van der Waals surface area contributed by atoms with Crippen LogP contribution in [0.1, 0.15) is 5.56 Å². The van der Waals surface area contributed by atoms with Gasteiger partial charge in [-0.25, -0.2) is 17.8 Å². The number of nitrogens with zero attached hydrogens (tertiary/aromatic N) is 2. The summed E-state index contributed by atoms with van der Waals surface area (Å²) in [5, 5.41) is 8.41. The van der Waals surface area contributed by atoms with Crippen LogP contribution in [-0.2, 0) is 10.0 Å². The first-order valence-corrected chi connectivity index (χ1v) is 7.13. The van der Waals surface area contributed by atoms with Gasteiger partial charge in [0, 0.05) is 6.20 Å². The molecule has 1 aromatic carbocycles. The van der Waals surface area contributed by atoms with E-state index in [2.05, 4.69) is 9.71 Å². The molecule has 0 spiro atoms. The lowest BCUT2D eigenvalue weighted by Gasteiger charge is -2.09. The molecule has 0 saturated carbocycles. The molecule has 102 valence electrons. The van der Waals surface area contributed by atoms with E-state index in [0.717, 1.165) is 12.1 Å². The average molecular weight is 312 g/mol. The summed E-state index contributed by atoms with van der Waals surface area (Å²) in [4.78, 5) is 3.39. The summed E-state index contributed by atoms with van der Waals surface area (Å²) in [6.45, 7) is 0. The van der Waals surface area contributed by atoms with Gasteiger partial charge in [-0.3, -0.25) is 4.72 Å². The number of halogens is 2. The highest BCUT2D eigenvalue weighted by atomic mass is 35.5. The van der Waals surface area contributed by atoms with Crippen LogP contribution in [0.15, 0.2) is 41.4 Å². The van der Waals surface area contributed by atoms with Crippen molar-refractivity contribution in [1.29, 1.82) is 5.26 Å². The van der Waals surface area contributed by atoms with Crippen molar-refractivity contribution in [1.82, 2.24) is 4.98 Å². The second kappa shape index (κ2) is 5.45. The lowest BCUT2D eigenvalue weighted by Crippen LogP contribution is -2.14. The number of anilines is 1. The first-order valence-electron chi connectivity index (χ1n) is 5.27. The van der Waals surface area contributed by atoms with Gasteiger partial charge in [0.25, 0.3) is 10.0 Å². The Hall–Kier alpha value is -2.17. The first-order chi connectivity index (χ1) is 9.44. The summed E-state index contributed by atoms with van der Waals surface area (Å²) in [6, 6.07) is 7.79. The van der Waals surface area contributed by atoms with Crippen molar-refractivity contribution in [2.45, 2.75) is 4.90 Å². The number of pyridine rings is 1. The molecule has 0 atom stereocenters. The van der Waals surface area contributed by atoms with Gasteiger partial charge in [-0.15, -0.1) is 0 Å². The average Bonchev–Trinajstić information content (AvgIpc) is 2.41. The van der Waals surface area contributed by atoms with E-state index in [-0.39, 0.29) is 21.3 Å². The lowest BCUT2D eigenvalue weighted by atomic mass is 10.2. The highest BCUT2D eigenvalue weighted by Gasteiger charge is 2.20. The zero-order chi connectivity index (χ0) is 14.8. The maximum absolute atomic E-state index is 13.7. The molecule has 1 heterocycles.